The van der Waals surface area contributed by atoms with Crippen molar-refractivity contribution >= 4 is 5.69 Å². The zero-order valence-electron chi connectivity index (χ0n) is 13.5. The Bertz CT molecular complexity index is 605. The Kier molecular flexibility index (Phi) is 5.57. The zero-order chi connectivity index (χ0) is 15.7. The van der Waals surface area contributed by atoms with E-state index in [2.05, 4.69) is 76.5 Å². The summed E-state index contributed by atoms with van der Waals surface area (Å²) in [6.07, 6.45) is 6.72. The molecule has 3 rings (SSSR count). The van der Waals surface area contributed by atoms with E-state index >= 15 is 0 Å². The highest BCUT2D eigenvalue weighted by Crippen LogP contribution is 2.12. The maximum absolute atomic E-state index is 3.45. The van der Waals surface area contributed by atoms with Gasteiger partial charge >= 0.3 is 0 Å². The highest BCUT2D eigenvalue weighted by molar-refractivity contribution is 5.43. The van der Waals surface area contributed by atoms with Crippen molar-refractivity contribution in [3.63, 3.8) is 0 Å². The number of nitrogens with one attached hydrogen (secondary N) is 2. The summed E-state index contributed by atoms with van der Waals surface area (Å²) in [5.41, 5.74) is 3.83. The maximum Gasteiger partial charge on any atom is 0.0424 e. The van der Waals surface area contributed by atoms with Crippen molar-refractivity contribution in [2.45, 2.75) is 25.9 Å². The van der Waals surface area contributed by atoms with Crippen molar-refractivity contribution in [2.24, 2.45) is 0 Å². The van der Waals surface area contributed by atoms with Crippen molar-refractivity contribution in [3.8, 4) is 0 Å². The molecule has 0 aliphatic carbocycles. The van der Waals surface area contributed by atoms with Gasteiger partial charge in [0.25, 0.3) is 0 Å². The van der Waals surface area contributed by atoms with Gasteiger partial charge in [0.15, 0.2) is 0 Å². The molecule has 0 saturated heterocycles. The van der Waals surface area contributed by atoms with Gasteiger partial charge in [0.05, 0.1) is 0 Å². The smallest absolute Gasteiger partial charge is 0.0424 e. The van der Waals surface area contributed by atoms with Crippen LogP contribution in [-0.2, 0) is 13.1 Å². The summed E-state index contributed by atoms with van der Waals surface area (Å²) >= 11 is 0. The fourth-order valence-electron chi connectivity index (χ4n) is 2.75. The van der Waals surface area contributed by atoms with Crippen molar-refractivity contribution in [1.29, 1.82) is 0 Å². The van der Waals surface area contributed by atoms with Crippen LogP contribution in [-0.4, -0.2) is 18.0 Å². The third-order valence-electron chi connectivity index (χ3n) is 4.10. The number of rotatable bonds is 5. The van der Waals surface area contributed by atoms with Crippen LogP contribution in [0.1, 0.15) is 24.0 Å². The van der Waals surface area contributed by atoms with Crippen molar-refractivity contribution in [1.82, 2.24) is 10.2 Å². The van der Waals surface area contributed by atoms with Crippen LogP contribution in [0.15, 0.2) is 67.0 Å². The van der Waals surface area contributed by atoms with Crippen LogP contribution >= 0.6 is 0 Å². The molecule has 1 aliphatic rings. The highest BCUT2D eigenvalue weighted by atomic mass is 15.1. The SMILES string of the molecule is C1=C\N(Cc2ccc(CNc3ccccc3)cc2)CCCCN/1. The van der Waals surface area contributed by atoms with Gasteiger partial charge in [-0.1, -0.05) is 42.5 Å². The molecule has 3 nitrogen and oxygen atoms in total. The molecule has 120 valence electrons. The molecule has 0 spiro atoms. The van der Waals surface area contributed by atoms with Crippen LogP contribution in [0.25, 0.3) is 0 Å². The molecule has 0 saturated carbocycles. The van der Waals surface area contributed by atoms with Crippen LogP contribution < -0.4 is 10.6 Å². The van der Waals surface area contributed by atoms with Gasteiger partial charge in [-0.05, 0) is 36.1 Å². The molecule has 0 aromatic heterocycles. The van der Waals surface area contributed by atoms with E-state index in [1.54, 1.807) is 0 Å². The molecule has 1 heterocycles. The fraction of sp³-hybridized carbons (Fsp3) is 0.300. The maximum atomic E-state index is 3.45. The largest absolute Gasteiger partial charge is 0.390 e. The second kappa shape index (κ2) is 8.28. The van der Waals surface area contributed by atoms with E-state index in [-0.39, 0.29) is 0 Å². The second-order valence-corrected chi connectivity index (χ2v) is 5.98. The summed E-state index contributed by atoms with van der Waals surface area (Å²) in [7, 11) is 0. The van der Waals surface area contributed by atoms with Crippen LogP contribution in [0.5, 0.6) is 0 Å². The zero-order valence-corrected chi connectivity index (χ0v) is 13.5. The van der Waals surface area contributed by atoms with Crippen molar-refractivity contribution < 1.29 is 0 Å². The number of benzene rings is 2. The number of nitrogens with zero attached hydrogens (tertiary/aromatic N) is 1. The summed E-state index contributed by atoms with van der Waals surface area (Å²) in [5, 5.41) is 6.76. The Morgan fingerprint density at radius 1 is 0.913 bits per heavy atom. The van der Waals surface area contributed by atoms with Gasteiger partial charge < -0.3 is 15.5 Å². The summed E-state index contributed by atoms with van der Waals surface area (Å²) in [6.45, 7) is 4.06. The number of anilines is 1. The predicted octanol–water partition coefficient (Wildman–Crippen LogP) is 3.96. The van der Waals surface area contributed by atoms with Gasteiger partial charge in [0.2, 0.25) is 0 Å². The first kappa shape index (κ1) is 15.5. The molecule has 0 amide bonds. The van der Waals surface area contributed by atoms with Crippen LogP contribution in [0.3, 0.4) is 0 Å². The van der Waals surface area contributed by atoms with E-state index in [1.807, 2.05) is 6.07 Å². The Morgan fingerprint density at radius 3 is 2.52 bits per heavy atom. The number of hydrogen-bond donors (Lipinski definition) is 2. The molecule has 2 aromatic carbocycles. The van der Waals surface area contributed by atoms with Crippen molar-refractivity contribution in [2.75, 3.05) is 18.4 Å². The van der Waals surface area contributed by atoms with E-state index in [9.17, 15) is 0 Å². The fourth-order valence-corrected chi connectivity index (χ4v) is 2.75. The van der Waals surface area contributed by atoms with E-state index in [0.717, 1.165) is 31.9 Å². The van der Waals surface area contributed by atoms with E-state index in [0.29, 0.717) is 0 Å². The summed E-state index contributed by atoms with van der Waals surface area (Å²) in [4.78, 5) is 2.38. The molecule has 0 atom stereocenters. The van der Waals surface area contributed by atoms with Gasteiger partial charge in [-0.2, -0.15) is 0 Å². The first-order chi connectivity index (χ1) is 11.4. The monoisotopic (exact) mass is 307 g/mol. The topological polar surface area (TPSA) is 27.3 Å². The van der Waals surface area contributed by atoms with E-state index in [1.165, 1.54) is 24.0 Å². The van der Waals surface area contributed by atoms with Crippen LogP contribution in [0.4, 0.5) is 5.69 Å². The molecular weight excluding hydrogens is 282 g/mol. The molecule has 0 bridgehead atoms. The molecule has 3 heteroatoms. The quantitative estimate of drug-likeness (QED) is 0.875. The lowest BCUT2D eigenvalue weighted by Crippen LogP contribution is -2.23. The number of para-hydroxylation sites is 1. The summed E-state index contributed by atoms with van der Waals surface area (Å²) in [5.74, 6) is 0. The Labute approximate surface area is 139 Å². The molecule has 23 heavy (non-hydrogen) atoms. The van der Waals surface area contributed by atoms with Gasteiger partial charge in [-0.25, -0.2) is 0 Å². The van der Waals surface area contributed by atoms with Crippen LogP contribution in [0, 0.1) is 0 Å². The lowest BCUT2D eigenvalue weighted by Gasteiger charge is -2.22. The third-order valence-corrected chi connectivity index (χ3v) is 4.10. The molecule has 1 aliphatic heterocycles. The minimum Gasteiger partial charge on any atom is -0.390 e. The molecular formula is C20H25N3. The Hall–Kier alpha value is -2.42. The first-order valence-electron chi connectivity index (χ1n) is 8.41. The average molecular weight is 307 g/mol. The normalized spacial score (nSPS) is 16.1. The molecule has 2 aromatic rings. The van der Waals surface area contributed by atoms with Crippen molar-refractivity contribution in [3.05, 3.63) is 78.1 Å². The Morgan fingerprint density at radius 2 is 1.70 bits per heavy atom. The molecule has 0 fully saturated rings. The van der Waals surface area contributed by atoms with Gasteiger partial charge in [0.1, 0.15) is 0 Å². The van der Waals surface area contributed by atoms with Crippen LogP contribution in [0.2, 0.25) is 0 Å². The molecule has 0 unspecified atom stereocenters. The Balaban J connectivity index is 1.53. The second-order valence-electron chi connectivity index (χ2n) is 5.98. The van der Waals surface area contributed by atoms with Gasteiger partial charge in [-0.3, -0.25) is 0 Å². The minimum atomic E-state index is 0.859. The van der Waals surface area contributed by atoms with Gasteiger partial charge in [0, 0.05) is 44.3 Å². The minimum absolute atomic E-state index is 0.859. The summed E-state index contributed by atoms with van der Waals surface area (Å²) < 4.78 is 0. The third kappa shape index (κ3) is 5.06. The summed E-state index contributed by atoms with van der Waals surface area (Å²) in [6, 6.07) is 19.2. The lowest BCUT2D eigenvalue weighted by atomic mass is 10.1. The predicted molar refractivity (Wildman–Crippen MR) is 97.0 cm³/mol. The van der Waals surface area contributed by atoms with E-state index in [4.69, 9.17) is 0 Å². The average Bonchev–Trinajstić information content (AvgIpc) is 2.57. The standard InChI is InChI=1S/C20H25N3/c1-2-6-20(7-3-1)22-16-18-8-10-19(11-9-18)17-23-14-5-4-12-21-13-15-23/h1-3,6-11,13,15,21-22H,4-5,12,14,16-17H2/b15-13-. The highest BCUT2D eigenvalue weighted by Gasteiger charge is 2.03. The van der Waals surface area contributed by atoms with E-state index < -0.39 is 0 Å². The first-order valence-corrected chi connectivity index (χ1v) is 8.41. The lowest BCUT2D eigenvalue weighted by molar-refractivity contribution is 0.349. The molecule has 2 N–H and O–H groups in total. The number of hydrogen-bond acceptors (Lipinski definition) is 3. The van der Waals surface area contributed by atoms with Gasteiger partial charge in [-0.15, -0.1) is 0 Å². The molecule has 0 radical (unpaired) electrons.